The molecule has 0 saturated heterocycles. The number of hydrogen-bond donors (Lipinski definition) is 8. The minimum Gasteiger partial charge on any atom is -0.480 e. The topological polar surface area (TPSA) is 235 Å². The summed E-state index contributed by atoms with van der Waals surface area (Å²) in [6, 6.07) is -4.48. The number of carbonyl (C=O) groups excluding carboxylic acids is 3. The van der Waals surface area contributed by atoms with Crippen molar-refractivity contribution in [2.75, 3.05) is 13.2 Å². The highest BCUT2D eigenvalue weighted by molar-refractivity contribution is 5.94. The van der Waals surface area contributed by atoms with E-state index in [0.29, 0.717) is 6.42 Å². The highest BCUT2D eigenvalue weighted by atomic mass is 16.4. The summed E-state index contributed by atoms with van der Waals surface area (Å²) in [7, 11) is 0. The summed E-state index contributed by atoms with van der Waals surface area (Å²) in [4.78, 5) is 51.9. The van der Waals surface area contributed by atoms with Crippen LogP contribution in [0.15, 0.2) is 4.99 Å². The number of carbonyl (C=O) groups is 4. The fraction of sp³-hybridized carbons (Fsp3) is 0.706. The third-order valence-corrected chi connectivity index (χ3v) is 4.09. The van der Waals surface area contributed by atoms with Crippen molar-refractivity contribution in [1.82, 2.24) is 16.0 Å². The van der Waals surface area contributed by atoms with Crippen molar-refractivity contribution in [3.05, 3.63) is 0 Å². The summed E-state index contributed by atoms with van der Waals surface area (Å²) in [5.41, 5.74) is 16.0. The molecule has 0 radical (unpaired) electrons. The lowest BCUT2D eigenvalue weighted by molar-refractivity contribution is -0.142. The Morgan fingerprint density at radius 2 is 1.57 bits per heavy atom. The zero-order valence-corrected chi connectivity index (χ0v) is 17.4. The number of aliphatic hydroxyl groups is 1. The van der Waals surface area contributed by atoms with Crippen LogP contribution in [0.3, 0.4) is 0 Å². The van der Waals surface area contributed by atoms with E-state index in [0.717, 1.165) is 0 Å². The molecule has 0 aliphatic heterocycles. The fourth-order valence-electron chi connectivity index (χ4n) is 2.29. The largest absolute Gasteiger partial charge is 0.480 e. The highest BCUT2D eigenvalue weighted by Crippen LogP contribution is 2.06. The Morgan fingerprint density at radius 1 is 0.967 bits per heavy atom. The van der Waals surface area contributed by atoms with E-state index in [4.69, 9.17) is 27.4 Å². The number of guanidine groups is 1. The summed E-state index contributed by atoms with van der Waals surface area (Å²) in [6.07, 6.45) is 0.462. The first-order chi connectivity index (χ1) is 13.9. The summed E-state index contributed by atoms with van der Waals surface area (Å²) in [5, 5.41) is 25.2. The molecule has 0 aromatic heterocycles. The lowest BCUT2D eigenvalue weighted by Gasteiger charge is -2.26. The third-order valence-electron chi connectivity index (χ3n) is 4.09. The van der Waals surface area contributed by atoms with Crippen LogP contribution < -0.4 is 33.2 Å². The molecule has 0 aromatic rings. The molecular formula is C17H33N7O6. The van der Waals surface area contributed by atoms with Gasteiger partial charge in [-0.3, -0.25) is 24.2 Å². The fourth-order valence-corrected chi connectivity index (χ4v) is 2.29. The van der Waals surface area contributed by atoms with Crippen molar-refractivity contribution in [3.63, 3.8) is 0 Å². The summed E-state index contributed by atoms with van der Waals surface area (Å²) < 4.78 is 0. The van der Waals surface area contributed by atoms with Gasteiger partial charge in [-0.2, -0.15) is 0 Å². The van der Waals surface area contributed by atoms with Crippen LogP contribution in [0.4, 0.5) is 0 Å². The maximum atomic E-state index is 12.7. The van der Waals surface area contributed by atoms with Gasteiger partial charge in [0, 0.05) is 6.54 Å². The van der Waals surface area contributed by atoms with Gasteiger partial charge in [0.15, 0.2) is 5.96 Å². The molecule has 172 valence electrons. The van der Waals surface area contributed by atoms with Gasteiger partial charge in [0.1, 0.15) is 24.2 Å². The van der Waals surface area contributed by atoms with Gasteiger partial charge in [-0.25, -0.2) is 0 Å². The minimum atomic E-state index is -1.22. The Labute approximate surface area is 174 Å². The average Bonchev–Trinajstić information content (AvgIpc) is 2.66. The number of amides is 3. The molecule has 0 aliphatic rings. The van der Waals surface area contributed by atoms with Crippen LogP contribution in [-0.2, 0) is 19.2 Å². The van der Waals surface area contributed by atoms with E-state index >= 15 is 0 Å². The normalized spacial score (nSPS) is 14.7. The SMILES string of the molecule is CC(NC(=O)C(NC(=O)C(CCCN=C(N)N)NC(=O)C(N)CO)C(C)C)C(=O)O. The number of nitrogens with one attached hydrogen (secondary N) is 3. The lowest BCUT2D eigenvalue weighted by Crippen LogP contribution is -2.58. The van der Waals surface area contributed by atoms with Crippen LogP contribution in [-0.4, -0.2) is 77.2 Å². The van der Waals surface area contributed by atoms with Crippen LogP contribution in [0.5, 0.6) is 0 Å². The van der Waals surface area contributed by atoms with E-state index in [-0.39, 0.29) is 24.8 Å². The van der Waals surface area contributed by atoms with Crippen molar-refractivity contribution < 1.29 is 29.4 Å². The standard InChI is InChI=1S/C17H33N7O6/c1-8(2)12(15(28)22-9(3)16(29)30)24-14(27)11(5-4-6-21-17(19)20)23-13(26)10(18)7-25/h8-12,25H,4-7,18H2,1-3H3,(H,22,28)(H,23,26)(H,24,27)(H,29,30)(H4,19,20,21). The molecule has 13 heteroatoms. The first-order valence-electron chi connectivity index (χ1n) is 9.46. The first kappa shape index (κ1) is 27.1. The van der Waals surface area contributed by atoms with Gasteiger partial charge in [-0.05, 0) is 25.7 Å². The number of aliphatic carboxylic acids is 1. The number of nitrogens with two attached hydrogens (primary N) is 3. The Hall–Kier alpha value is -2.93. The molecule has 0 aromatic carbocycles. The summed E-state index contributed by atoms with van der Waals surface area (Å²) in [5.74, 6) is -3.80. The molecule has 0 bridgehead atoms. The molecule has 4 atom stereocenters. The van der Waals surface area contributed by atoms with E-state index in [2.05, 4.69) is 20.9 Å². The molecule has 30 heavy (non-hydrogen) atoms. The van der Waals surface area contributed by atoms with Gasteiger partial charge in [0.25, 0.3) is 0 Å². The van der Waals surface area contributed by atoms with Crippen LogP contribution >= 0.6 is 0 Å². The second kappa shape index (κ2) is 13.3. The van der Waals surface area contributed by atoms with E-state index in [1.54, 1.807) is 13.8 Å². The van der Waals surface area contributed by atoms with Gasteiger partial charge in [0.05, 0.1) is 6.61 Å². The quantitative estimate of drug-likeness (QED) is 0.0821. The lowest BCUT2D eigenvalue weighted by atomic mass is 10.0. The molecular weight excluding hydrogens is 398 g/mol. The summed E-state index contributed by atoms with van der Waals surface area (Å²) in [6.45, 7) is 4.23. The third kappa shape index (κ3) is 10.0. The van der Waals surface area contributed by atoms with Crippen molar-refractivity contribution in [1.29, 1.82) is 0 Å². The van der Waals surface area contributed by atoms with Crippen molar-refractivity contribution in [3.8, 4) is 0 Å². The van der Waals surface area contributed by atoms with Gasteiger partial charge in [-0.1, -0.05) is 13.8 Å². The van der Waals surface area contributed by atoms with Crippen molar-refractivity contribution >= 4 is 29.7 Å². The first-order valence-corrected chi connectivity index (χ1v) is 9.46. The molecule has 0 heterocycles. The predicted molar refractivity (Wildman–Crippen MR) is 109 cm³/mol. The molecule has 0 spiro atoms. The predicted octanol–water partition coefficient (Wildman–Crippen LogP) is -3.43. The number of rotatable bonds is 13. The smallest absolute Gasteiger partial charge is 0.325 e. The van der Waals surface area contributed by atoms with Gasteiger partial charge < -0.3 is 43.4 Å². The molecule has 4 unspecified atom stereocenters. The molecule has 11 N–H and O–H groups in total. The van der Waals surface area contributed by atoms with Crippen molar-refractivity contribution in [2.24, 2.45) is 28.1 Å². The molecule has 0 fully saturated rings. The van der Waals surface area contributed by atoms with Crippen molar-refractivity contribution in [2.45, 2.75) is 57.8 Å². The van der Waals surface area contributed by atoms with E-state index in [1.165, 1.54) is 6.92 Å². The minimum absolute atomic E-state index is 0.119. The van der Waals surface area contributed by atoms with Gasteiger partial charge >= 0.3 is 5.97 Å². The van der Waals surface area contributed by atoms with Gasteiger partial charge in [-0.15, -0.1) is 0 Å². The molecule has 0 saturated carbocycles. The highest BCUT2D eigenvalue weighted by Gasteiger charge is 2.30. The van der Waals surface area contributed by atoms with Crippen LogP contribution in [0.25, 0.3) is 0 Å². The number of aliphatic imine (C=N–C) groups is 1. The number of hydrogen-bond acceptors (Lipinski definition) is 7. The van der Waals surface area contributed by atoms with Crippen LogP contribution in [0.1, 0.15) is 33.6 Å². The zero-order valence-electron chi connectivity index (χ0n) is 17.4. The molecule has 13 nitrogen and oxygen atoms in total. The monoisotopic (exact) mass is 431 g/mol. The van der Waals surface area contributed by atoms with E-state index in [9.17, 15) is 19.2 Å². The zero-order chi connectivity index (χ0) is 23.4. The van der Waals surface area contributed by atoms with E-state index < -0.39 is 54.5 Å². The number of carboxylic acid groups (broad SMARTS) is 1. The van der Waals surface area contributed by atoms with Crippen LogP contribution in [0, 0.1) is 5.92 Å². The Balaban J connectivity index is 5.29. The average molecular weight is 431 g/mol. The molecule has 0 rings (SSSR count). The summed E-state index contributed by atoms with van der Waals surface area (Å²) >= 11 is 0. The molecule has 3 amide bonds. The Bertz CT molecular complexity index is 636. The Morgan fingerprint density at radius 3 is 2.03 bits per heavy atom. The second-order valence-corrected chi connectivity index (χ2v) is 7.10. The number of nitrogens with zero attached hydrogens (tertiary/aromatic N) is 1. The molecule has 0 aliphatic carbocycles. The Kier molecular flexibility index (Phi) is 12.0. The van der Waals surface area contributed by atoms with Crippen LogP contribution in [0.2, 0.25) is 0 Å². The number of aliphatic hydroxyl groups excluding tert-OH is 1. The maximum absolute atomic E-state index is 12.7. The number of carboxylic acids is 1. The maximum Gasteiger partial charge on any atom is 0.325 e. The second-order valence-electron chi connectivity index (χ2n) is 7.10. The van der Waals surface area contributed by atoms with E-state index in [1.807, 2.05) is 0 Å². The van der Waals surface area contributed by atoms with Gasteiger partial charge in [0.2, 0.25) is 17.7 Å².